The first-order valence-electron chi connectivity index (χ1n) is 11.0. The molecule has 3 atom stereocenters. The van der Waals surface area contributed by atoms with Crippen LogP contribution in [0.15, 0.2) is 4.99 Å². The van der Waals surface area contributed by atoms with Crippen LogP contribution in [-0.2, 0) is 9.59 Å². The highest BCUT2D eigenvalue weighted by Crippen LogP contribution is 2.40. The zero-order chi connectivity index (χ0) is 20.1. The minimum Gasteiger partial charge on any atom is -0.369 e. The molecular formula is C21H37N5O2. The van der Waals surface area contributed by atoms with Gasteiger partial charge in [0.15, 0.2) is 5.96 Å². The van der Waals surface area contributed by atoms with Gasteiger partial charge in [0.2, 0.25) is 5.91 Å². The van der Waals surface area contributed by atoms with E-state index in [9.17, 15) is 9.59 Å². The average Bonchev–Trinajstić information content (AvgIpc) is 2.90. The summed E-state index contributed by atoms with van der Waals surface area (Å²) in [5.74, 6) is 1.23. The summed E-state index contributed by atoms with van der Waals surface area (Å²) in [6.07, 6.45) is 13.4. The van der Waals surface area contributed by atoms with Crippen LogP contribution in [0.2, 0.25) is 0 Å². The van der Waals surface area contributed by atoms with Crippen molar-refractivity contribution in [1.82, 2.24) is 10.2 Å². The number of primary amides is 1. The summed E-state index contributed by atoms with van der Waals surface area (Å²) >= 11 is 0. The molecule has 0 radical (unpaired) electrons. The Kier molecular flexibility index (Phi) is 6.96. The van der Waals surface area contributed by atoms with Crippen LogP contribution in [0.25, 0.3) is 0 Å². The van der Waals surface area contributed by atoms with Crippen LogP contribution in [0.3, 0.4) is 0 Å². The predicted molar refractivity (Wildman–Crippen MR) is 110 cm³/mol. The molecule has 1 heterocycles. The van der Waals surface area contributed by atoms with Gasteiger partial charge in [-0.1, -0.05) is 44.9 Å². The Morgan fingerprint density at radius 1 is 1.18 bits per heavy atom. The molecule has 2 fully saturated rings. The minimum absolute atomic E-state index is 0.0630. The highest BCUT2D eigenvalue weighted by atomic mass is 16.2. The van der Waals surface area contributed by atoms with E-state index in [4.69, 9.17) is 16.5 Å². The number of carbonyl (C=O) groups excluding carboxylic acids is 2. The predicted octanol–water partition coefficient (Wildman–Crippen LogP) is 1.90. The molecule has 2 amide bonds. The maximum atomic E-state index is 13.1. The molecule has 0 unspecified atom stereocenters. The number of amides is 2. The van der Waals surface area contributed by atoms with Gasteiger partial charge in [-0.05, 0) is 43.9 Å². The topological polar surface area (TPSA) is 114 Å². The van der Waals surface area contributed by atoms with Crippen LogP contribution in [-0.4, -0.2) is 47.8 Å². The second-order valence-corrected chi connectivity index (χ2v) is 9.19. The van der Waals surface area contributed by atoms with Gasteiger partial charge < -0.3 is 16.8 Å². The summed E-state index contributed by atoms with van der Waals surface area (Å²) in [6.45, 7) is 0.219. The molecule has 3 aliphatic rings. The van der Waals surface area contributed by atoms with E-state index in [0.717, 1.165) is 50.9 Å². The van der Waals surface area contributed by atoms with Crippen molar-refractivity contribution in [2.75, 3.05) is 13.6 Å². The number of nitrogens with one attached hydrogen (secondary N) is 1. The molecule has 0 aromatic heterocycles. The van der Waals surface area contributed by atoms with Crippen LogP contribution in [0, 0.1) is 11.8 Å². The molecule has 0 spiro atoms. The van der Waals surface area contributed by atoms with Crippen molar-refractivity contribution in [3.8, 4) is 0 Å². The van der Waals surface area contributed by atoms with E-state index in [1.165, 1.54) is 37.0 Å². The lowest BCUT2D eigenvalue weighted by atomic mass is 9.74. The largest absolute Gasteiger partial charge is 0.369 e. The number of aliphatic imine (C=N–C) groups is 1. The Balaban J connectivity index is 1.65. The van der Waals surface area contributed by atoms with Crippen molar-refractivity contribution in [2.45, 2.75) is 88.6 Å². The van der Waals surface area contributed by atoms with Gasteiger partial charge in [-0.2, -0.15) is 0 Å². The quantitative estimate of drug-likeness (QED) is 0.586. The summed E-state index contributed by atoms with van der Waals surface area (Å²) in [5.41, 5.74) is 10.6. The van der Waals surface area contributed by atoms with Gasteiger partial charge in [0.05, 0.1) is 6.54 Å². The fraction of sp³-hybridized carbons (Fsp3) is 0.857. The molecule has 2 aliphatic carbocycles. The van der Waals surface area contributed by atoms with E-state index in [-0.39, 0.29) is 24.4 Å². The summed E-state index contributed by atoms with van der Waals surface area (Å²) < 4.78 is 0. The molecule has 1 aliphatic heterocycles. The van der Waals surface area contributed by atoms with Crippen LogP contribution < -0.4 is 16.8 Å². The van der Waals surface area contributed by atoms with Gasteiger partial charge in [0, 0.05) is 13.1 Å². The van der Waals surface area contributed by atoms with E-state index >= 15 is 0 Å². The fourth-order valence-corrected chi connectivity index (χ4v) is 5.46. The van der Waals surface area contributed by atoms with Gasteiger partial charge in [-0.3, -0.25) is 14.5 Å². The second-order valence-electron chi connectivity index (χ2n) is 9.19. The number of carbonyl (C=O) groups is 2. The Morgan fingerprint density at radius 2 is 1.89 bits per heavy atom. The Hall–Kier alpha value is -1.63. The Labute approximate surface area is 168 Å². The van der Waals surface area contributed by atoms with Crippen molar-refractivity contribution in [3.05, 3.63) is 0 Å². The highest BCUT2D eigenvalue weighted by molar-refractivity contribution is 6.06. The maximum absolute atomic E-state index is 13.1. The molecule has 7 nitrogen and oxygen atoms in total. The highest BCUT2D eigenvalue weighted by Gasteiger charge is 2.47. The van der Waals surface area contributed by atoms with Crippen molar-refractivity contribution in [2.24, 2.45) is 28.3 Å². The van der Waals surface area contributed by atoms with Crippen molar-refractivity contribution in [1.29, 1.82) is 0 Å². The van der Waals surface area contributed by atoms with Gasteiger partial charge in [0.1, 0.15) is 5.54 Å². The van der Waals surface area contributed by atoms with Crippen molar-refractivity contribution in [3.63, 3.8) is 0 Å². The Morgan fingerprint density at radius 3 is 2.54 bits per heavy atom. The third kappa shape index (κ3) is 5.04. The van der Waals surface area contributed by atoms with E-state index in [1.54, 1.807) is 7.05 Å². The maximum Gasteiger partial charge on any atom is 0.257 e. The monoisotopic (exact) mass is 391 g/mol. The molecule has 2 saturated carbocycles. The number of guanidine groups is 1. The molecular weight excluding hydrogens is 354 g/mol. The minimum atomic E-state index is -0.688. The standard InChI is InChI=1S/C21H37N5O2/c1-26-19(28)21(25-20(26)23,11-10-15-6-3-2-4-7-15)13-16-8-5-9-17(12-16)24-14-18(22)27/h15-17,24H,2-14H2,1H3,(H2,22,27)(H2,23,25)/t16-,17-,21+/m0/s1. The van der Waals surface area contributed by atoms with Crippen LogP contribution in [0.4, 0.5) is 0 Å². The third-order valence-electron chi connectivity index (χ3n) is 7.04. The second kappa shape index (κ2) is 9.25. The molecule has 0 bridgehead atoms. The molecule has 0 saturated heterocycles. The van der Waals surface area contributed by atoms with Crippen LogP contribution in [0.5, 0.6) is 0 Å². The first-order chi connectivity index (χ1) is 13.4. The third-order valence-corrected chi connectivity index (χ3v) is 7.04. The number of nitrogens with two attached hydrogens (primary N) is 2. The van der Waals surface area contributed by atoms with E-state index in [1.807, 2.05) is 0 Å². The first-order valence-corrected chi connectivity index (χ1v) is 11.0. The fourth-order valence-electron chi connectivity index (χ4n) is 5.46. The summed E-state index contributed by atoms with van der Waals surface area (Å²) in [6, 6.07) is 0.289. The Bertz CT molecular complexity index is 602. The van der Waals surface area contributed by atoms with E-state index in [2.05, 4.69) is 5.32 Å². The summed E-state index contributed by atoms with van der Waals surface area (Å²) in [4.78, 5) is 30.5. The molecule has 3 rings (SSSR count). The first kappa shape index (κ1) is 21.1. The number of nitrogens with zero attached hydrogens (tertiary/aromatic N) is 2. The number of hydrogen-bond acceptors (Lipinski definition) is 5. The van der Waals surface area contributed by atoms with Gasteiger partial charge in [0.25, 0.3) is 5.91 Å². The molecule has 5 N–H and O–H groups in total. The van der Waals surface area contributed by atoms with Gasteiger partial charge in [-0.25, -0.2) is 4.99 Å². The zero-order valence-corrected chi connectivity index (χ0v) is 17.3. The van der Waals surface area contributed by atoms with Gasteiger partial charge >= 0.3 is 0 Å². The number of likely N-dealkylation sites (N-methyl/N-ethyl adjacent to an activating group) is 1. The van der Waals surface area contributed by atoms with Crippen LogP contribution >= 0.6 is 0 Å². The van der Waals surface area contributed by atoms with E-state index in [0.29, 0.717) is 11.9 Å². The normalized spacial score (nSPS) is 31.8. The van der Waals surface area contributed by atoms with E-state index < -0.39 is 5.54 Å². The number of hydrogen-bond donors (Lipinski definition) is 3. The molecule has 0 aromatic rings. The SMILES string of the molecule is CN1C(=O)[C@@](CCC2CCCCC2)(C[C@H]2CCC[C@H](NCC(N)=O)C2)N=C1N. The van der Waals surface area contributed by atoms with Crippen molar-refractivity contribution >= 4 is 17.8 Å². The number of rotatable bonds is 8. The van der Waals surface area contributed by atoms with Gasteiger partial charge in [-0.15, -0.1) is 0 Å². The molecule has 7 heteroatoms. The summed E-state index contributed by atoms with van der Waals surface area (Å²) in [5, 5.41) is 3.27. The molecule has 28 heavy (non-hydrogen) atoms. The lowest BCUT2D eigenvalue weighted by molar-refractivity contribution is -0.131. The lowest BCUT2D eigenvalue weighted by Gasteiger charge is -2.35. The zero-order valence-electron chi connectivity index (χ0n) is 17.3. The smallest absolute Gasteiger partial charge is 0.257 e. The lowest BCUT2D eigenvalue weighted by Crippen LogP contribution is -2.45. The molecule has 158 valence electrons. The van der Waals surface area contributed by atoms with Crippen molar-refractivity contribution < 1.29 is 9.59 Å². The van der Waals surface area contributed by atoms with Crippen LogP contribution in [0.1, 0.15) is 77.0 Å². The summed E-state index contributed by atoms with van der Waals surface area (Å²) in [7, 11) is 1.74. The molecule has 0 aromatic carbocycles. The average molecular weight is 392 g/mol.